The Balaban J connectivity index is -0.0000000202. The van der Waals surface area contributed by atoms with Crippen LogP contribution >= 0.6 is 0 Å². The molecule has 16 heavy (non-hydrogen) atoms. The molecule has 0 unspecified atom stereocenters. The third kappa shape index (κ3) is 144000. The molecule has 0 saturated heterocycles. The van der Waals surface area contributed by atoms with Gasteiger partial charge in [0, 0.05) is 19.5 Å². The van der Waals surface area contributed by atoms with Crippen LogP contribution in [0.5, 0.6) is 0 Å². The summed E-state index contributed by atoms with van der Waals surface area (Å²) in [4.78, 5) is 16.5. The molecule has 0 aromatic heterocycles. The van der Waals surface area contributed by atoms with Gasteiger partial charge in [0.2, 0.25) is 0 Å². The summed E-state index contributed by atoms with van der Waals surface area (Å²) in [5.74, 6) is 0. The summed E-state index contributed by atoms with van der Waals surface area (Å²) in [6.45, 7) is 0. The Hall–Kier alpha value is -0.126. The fraction of sp³-hybridized carbons (Fsp3) is 0. The van der Waals surface area contributed by atoms with Crippen LogP contribution < -0.4 is 0 Å². The molecule has 0 atom stereocenters. The first kappa shape index (κ1) is 36.0. The first-order chi connectivity index (χ1) is 6.29. The molecule has 0 aromatic rings. The monoisotopic (exact) mass is 432 g/mol. The molecule has 0 aliphatic heterocycles. The molecule has 72 valence electrons. The minimum Gasteiger partial charge on any atom is -0.356 e. The smallest absolute Gasteiger partial charge is 0.356 e. The van der Waals surface area contributed by atoms with E-state index in [0.29, 0.717) is 0 Å². The maximum Gasteiger partial charge on any atom is 2.00 e. The number of rotatable bonds is 0. The van der Waals surface area contributed by atoms with Gasteiger partial charge in [0.1, 0.15) is 0 Å². The molecular formula is C2N4O6Zn4. The first-order valence-corrected chi connectivity index (χ1v) is 5.22. The summed E-state index contributed by atoms with van der Waals surface area (Å²) in [7, 11) is 0. The summed E-state index contributed by atoms with van der Waals surface area (Å²) in [5, 5.41) is 44.2. The van der Waals surface area contributed by atoms with Crippen molar-refractivity contribution in [1.29, 1.82) is 10.5 Å². The zero-order chi connectivity index (χ0) is 12.6. The Morgan fingerprint density at radius 1 is 0.875 bits per heavy atom. The van der Waals surface area contributed by atoms with Crippen LogP contribution in [0.4, 0.5) is 0 Å². The van der Waals surface area contributed by atoms with E-state index in [9.17, 15) is 0 Å². The molecule has 0 spiro atoms. The molecule has 0 saturated carbocycles. The van der Waals surface area contributed by atoms with Crippen molar-refractivity contribution in [2.45, 2.75) is 0 Å². The topological polar surface area (TPSA) is 180 Å². The van der Waals surface area contributed by atoms with Crippen molar-refractivity contribution < 1.29 is 85.7 Å². The number of nitriles is 2. The molecule has 14 heteroatoms. The van der Waals surface area contributed by atoms with Crippen LogP contribution in [0, 0.1) is 50.5 Å². The molecule has 0 bridgehead atoms. The SMILES string of the molecule is N#[C][Zn].N#[C][Zn].O=[N+]([O-])[O-].O=[N+]([O-])[O-].[Zn+2].[Zn]. The molecular weight excluding hydrogens is 438 g/mol. The Morgan fingerprint density at radius 3 is 0.875 bits per heavy atom. The van der Waals surface area contributed by atoms with Crippen LogP contribution in [0.25, 0.3) is 0 Å². The second kappa shape index (κ2) is 46.2. The minimum absolute atomic E-state index is 0. The van der Waals surface area contributed by atoms with E-state index in [1.165, 1.54) is 0 Å². The minimum atomic E-state index is -1.75. The van der Waals surface area contributed by atoms with E-state index in [1.54, 1.807) is 0 Å². The van der Waals surface area contributed by atoms with Crippen molar-refractivity contribution in [1.82, 2.24) is 0 Å². The largest absolute Gasteiger partial charge is 2.00 e. The van der Waals surface area contributed by atoms with Crippen LogP contribution in [0.3, 0.4) is 0 Å². The maximum atomic E-state index is 8.25. The van der Waals surface area contributed by atoms with Crippen LogP contribution in [0.15, 0.2) is 0 Å². The molecule has 0 aromatic carbocycles. The Bertz CT molecular complexity index is 192. The predicted molar refractivity (Wildman–Crippen MR) is 31.9 cm³/mol. The van der Waals surface area contributed by atoms with Gasteiger partial charge >= 0.3 is 75.9 Å². The zero-order valence-corrected chi connectivity index (χ0v) is 19.9. The van der Waals surface area contributed by atoms with Crippen molar-refractivity contribution in [3.8, 4) is 9.33 Å². The summed E-state index contributed by atoms with van der Waals surface area (Å²) in [6, 6.07) is 0. The van der Waals surface area contributed by atoms with Gasteiger partial charge in [-0.2, -0.15) is 0 Å². The normalized spacial score (nSPS) is 4.12. The van der Waals surface area contributed by atoms with E-state index in [4.69, 9.17) is 41.2 Å². The average Bonchev–Trinajstić information content (AvgIpc) is 1.85. The number of hydrogen-bond donors (Lipinski definition) is 0. The molecule has 10 nitrogen and oxygen atoms in total. The molecule has 0 rings (SSSR count). The first-order valence-electron chi connectivity index (χ1n) is 2.25. The Kier molecular flexibility index (Phi) is 104. The van der Waals surface area contributed by atoms with E-state index in [1.807, 2.05) is 9.33 Å². The Morgan fingerprint density at radius 2 is 0.875 bits per heavy atom. The van der Waals surface area contributed by atoms with Gasteiger partial charge in [-0.05, 0) is 0 Å². The molecule has 0 aliphatic rings. The van der Waals surface area contributed by atoms with E-state index in [-0.39, 0.29) is 39.0 Å². The number of hydrogen-bond acceptors (Lipinski definition) is 8. The summed E-state index contributed by atoms with van der Waals surface area (Å²) < 4.78 is 3.75. The summed E-state index contributed by atoms with van der Waals surface area (Å²) >= 11 is 1.50. The van der Waals surface area contributed by atoms with Gasteiger partial charge < -0.3 is 30.6 Å². The van der Waals surface area contributed by atoms with Crippen LogP contribution in [-0.4, -0.2) is 10.2 Å². The zero-order valence-electron chi connectivity index (χ0n) is 8.07. The molecule has 0 heterocycles. The maximum absolute atomic E-state index is 8.25. The Labute approximate surface area is 135 Å². The molecule has 0 amide bonds. The van der Waals surface area contributed by atoms with E-state index >= 15 is 0 Å². The van der Waals surface area contributed by atoms with E-state index in [0.717, 1.165) is 36.6 Å². The second-order valence-corrected chi connectivity index (χ2v) is 2.09. The van der Waals surface area contributed by atoms with E-state index < -0.39 is 10.2 Å². The molecule has 0 radical (unpaired) electrons. The molecule has 0 aliphatic carbocycles. The molecule has 0 fully saturated rings. The third-order valence-corrected chi connectivity index (χ3v) is 0. The van der Waals surface area contributed by atoms with Crippen LogP contribution in [-0.2, 0) is 75.6 Å². The summed E-state index contributed by atoms with van der Waals surface area (Å²) in [5.41, 5.74) is 0. The van der Waals surface area contributed by atoms with Gasteiger partial charge in [-0.1, -0.05) is 0 Å². The number of nitrogens with zero attached hydrogens (tertiary/aromatic N) is 4. The van der Waals surface area contributed by atoms with E-state index in [2.05, 4.69) is 0 Å². The van der Waals surface area contributed by atoms with Crippen LogP contribution in [0.2, 0.25) is 0 Å². The molecule has 0 N–H and O–H groups in total. The summed E-state index contributed by atoms with van der Waals surface area (Å²) in [6.07, 6.45) is 0. The quantitative estimate of drug-likeness (QED) is 0.277. The van der Waals surface area contributed by atoms with Crippen LogP contribution in [0.1, 0.15) is 0 Å². The van der Waals surface area contributed by atoms with Gasteiger partial charge in [-0.15, -0.1) is 0 Å². The van der Waals surface area contributed by atoms with Gasteiger partial charge in [0.25, 0.3) is 0 Å². The van der Waals surface area contributed by atoms with Gasteiger partial charge in [-0.3, -0.25) is 0 Å². The van der Waals surface area contributed by atoms with Gasteiger partial charge in [0.05, 0.1) is 10.2 Å². The van der Waals surface area contributed by atoms with Crippen molar-refractivity contribution in [2.24, 2.45) is 0 Å². The fourth-order valence-corrected chi connectivity index (χ4v) is 0. The van der Waals surface area contributed by atoms with Crippen molar-refractivity contribution >= 4 is 0 Å². The van der Waals surface area contributed by atoms with Crippen molar-refractivity contribution in [3.63, 3.8) is 0 Å². The van der Waals surface area contributed by atoms with Crippen molar-refractivity contribution in [3.05, 3.63) is 30.6 Å². The standard InChI is InChI=1S/2CN.2NO3.4Zn/c2*1-2;2*2-1(3)4;;;;/q;;2*-1;;;;+2. The van der Waals surface area contributed by atoms with Gasteiger partial charge in [-0.25, -0.2) is 0 Å². The second-order valence-electron chi connectivity index (χ2n) is 0.763. The predicted octanol–water partition coefficient (Wildman–Crippen LogP) is -0.455. The average molecular weight is 438 g/mol. The van der Waals surface area contributed by atoms with Gasteiger partial charge in [0.15, 0.2) is 0 Å². The fourth-order valence-electron chi connectivity index (χ4n) is 0. The van der Waals surface area contributed by atoms with Crippen molar-refractivity contribution in [2.75, 3.05) is 0 Å². The third-order valence-electron chi connectivity index (χ3n) is 0.